The molecule has 3 rings (SSSR count). The fourth-order valence-electron chi connectivity index (χ4n) is 3.23. The molecule has 0 radical (unpaired) electrons. The van der Waals surface area contributed by atoms with Gasteiger partial charge in [0.15, 0.2) is 17.1 Å². The molecular formula is C26H28N2O4. The molecule has 3 aromatic rings. The summed E-state index contributed by atoms with van der Waals surface area (Å²) in [4.78, 5) is 13.2. The Hall–Kier alpha value is -3.64. The lowest BCUT2D eigenvalue weighted by Crippen LogP contribution is -2.43. The van der Waals surface area contributed by atoms with E-state index >= 15 is 0 Å². The zero-order valence-corrected chi connectivity index (χ0v) is 18.5. The number of benzene rings is 3. The van der Waals surface area contributed by atoms with Crippen molar-refractivity contribution in [2.75, 3.05) is 7.11 Å². The Labute approximate surface area is 188 Å². The van der Waals surface area contributed by atoms with E-state index in [-0.39, 0.29) is 6.10 Å². The molecule has 0 fully saturated rings. The van der Waals surface area contributed by atoms with Crippen molar-refractivity contribution >= 4 is 12.1 Å². The van der Waals surface area contributed by atoms with E-state index in [2.05, 4.69) is 10.5 Å². The maximum atomic E-state index is 13.2. The number of nitrogens with zero attached hydrogens (tertiary/aromatic N) is 1. The number of para-hydroxylation sites is 1. The van der Waals surface area contributed by atoms with E-state index in [1.807, 2.05) is 38.1 Å². The zero-order chi connectivity index (χ0) is 23.0. The largest absolute Gasteiger partial charge is 0.493 e. The average molecular weight is 433 g/mol. The molecule has 32 heavy (non-hydrogen) atoms. The number of hydrazone groups is 1. The molecule has 0 spiro atoms. The van der Waals surface area contributed by atoms with E-state index in [0.717, 1.165) is 6.42 Å². The number of amides is 1. The third kappa shape index (κ3) is 4.98. The van der Waals surface area contributed by atoms with Gasteiger partial charge in [-0.2, -0.15) is 5.10 Å². The van der Waals surface area contributed by atoms with Gasteiger partial charge in [0.1, 0.15) is 0 Å². The molecule has 0 bridgehead atoms. The van der Waals surface area contributed by atoms with Gasteiger partial charge in [-0.05, 0) is 36.6 Å². The molecule has 166 valence electrons. The lowest BCUT2D eigenvalue weighted by Gasteiger charge is -2.27. The Balaban J connectivity index is 1.89. The first-order chi connectivity index (χ1) is 15.5. The fourth-order valence-corrected chi connectivity index (χ4v) is 3.23. The van der Waals surface area contributed by atoms with Gasteiger partial charge in [0.2, 0.25) is 0 Å². The number of hydrogen-bond donors (Lipinski definition) is 2. The van der Waals surface area contributed by atoms with Crippen LogP contribution in [0.25, 0.3) is 0 Å². The Bertz CT molecular complexity index is 1010. The number of rotatable bonds is 9. The van der Waals surface area contributed by atoms with Gasteiger partial charge in [-0.1, -0.05) is 73.7 Å². The van der Waals surface area contributed by atoms with Crippen molar-refractivity contribution in [2.24, 2.45) is 5.10 Å². The Kier molecular flexibility index (Phi) is 7.63. The van der Waals surface area contributed by atoms with Crippen LogP contribution in [0.5, 0.6) is 11.5 Å². The van der Waals surface area contributed by atoms with Crippen molar-refractivity contribution in [1.82, 2.24) is 5.43 Å². The minimum atomic E-state index is -1.90. The number of methoxy groups -OCH3 is 1. The van der Waals surface area contributed by atoms with Gasteiger partial charge in [-0.3, -0.25) is 4.79 Å². The highest BCUT2D eigenvalue weighted by Gasteiger charge is 2.39. The number of carbonyl (C=O) groups is 1. The van der Waals surface area contributed by atoms with Gasteiger partial charge >= 0.3 is 0 Å². The first kappa shape index (κ1) is 23.0. The summed E-state index contributed by atoms with van der Waals surface area (Å²) >= 11 is 0. The van der Waals surface area contributed by atoms with Crippen LogP contribution < -0.4 is 14.9 Å². The highest BCUT2D eigenvalue weighted by Crippen LogP contribution is 2.32. The van der Waals surface area contributed by atoms with Crippen LogP contribution in [0.4, 0.5) is 0 Å². The number of carbonyl (C=O) groups excluding carboxylic acids is 1. The van der Waals surface area contributed by atoms with Crippen LogP contribution >= 0.6 is 0 Å². The summed E-state index contributed by atoms with van der Waals surface area (Å²) in [5.41, 5.74) is 2.12. The summed E-state index contributed by atoms with van der Waals surface area (Å²) in [5.74, 6) is 0.452. The topological polar surface area (TPSA) is 80.2 Å². The molecule has 0 aliphatic rings. The molecule has 6 nitrogen and oxygen atoms in total. The van der Waals surface area contributed by atoms with E-state index in [9.17, 15) is 9.90 Å². The monoisotopic (exact) mass is 432 g/mol. The molecule has 3 aromatic carbocycles. The minimum Gasteiger partial charge on any atom is -0.493 e. The molecule has 0 saturated carbocycles. The zero-order valence-electron chi connectivity index (χ0n) is 18.5. The third-order valence-corrected chi connectivity index (χ3v) is 5.20. The number of aliphatic hydroxyl groups is 1. The lowest BCUT2D eigenvalue weighted by atomic mass is 9.85. The second-order valence-corrected chi connectivity index (χ2v) is 7.36. The van der Waals surface area contributed by atoms with Gasteiger partial charge in [0.05, 0.1) is 19.4 Å². The molecule has 0 aliphatic carbocycles. The maximum absolute atomic E-state index is 13.2. The molecule has 2 N–H and O–H groups in total. The van der Waals surface area contributed by atoms with E-state index in [0.29, 0.717) is 28.2 Å². The summed E-state index contributed by atoms with van der Waals surface area (Å²) in [5, 5.41) is 15.6. The van der Waals surface area contributed by atoms with Gasteiger partial charge < -0.3 is 14.6 Å². The van der Waals surface area contributed by atoms with E-state index in [1.54, 1.807) is 61.7 Å². The minimum absolute atomic E-state index is 0.0192. The van der Waals surface area contributed by atoms with Crippen molar-refractivity contribution in [3.05, 3.63) is 95.6 Å². The smallest absolute Gasteiger partial charge is 0.281 e. The van der Waals surface area contributed by atoms with Crippen LogP contribution in [-0.4, -0.2) is 30.4 Å². The van der Waals surface area contributed by atoms with Crippen LogP contribution in [0.1, 0.15) is 37.0 Å². The van der Waals surface area contributed by atoms with Crippen molar-refractivity contribution < 1.29 is 19.4 Å². The predicted molar refractivity (Wildman–Crippen MR) is 125 cm³/mol. The Morgan fingerprint density at radius 2 is 1.62 bits per heavy atom. The molecule has 6 heteroatoms. The maximum Gasteiger partial charge on any atom is 0.281 e. The van der Waals surface area contributed by atoms with Gasteiger partial charge in [-0.15, -0.1) is 0 Å². The first-order valence-corrected chi connectivity index (χ1v) is 10.5. The standard InChI is InChI=1S/C26H28N2O4/c1-4-19(2)32-24-20(12-11-17-23(24)31-3)18-27-28-25(29)26(30,21-13-7-5-8-14-21)22-15-9-6-10-16-22/h5-19,30H,4H2,1-3H3,(H,28,29)/b27-18-/t19-/m0/s1. The van der Waals surface area contributed by atoms with Gasteiger partial charge in [0, 0.05) is 5.56 Å². The molecule has 1 atom stereocenters. The molecule has 0 aromatic heterocycles. The van der Waals surface area contributed by atoms with Crippen molar-refractivity contribution in [3.8, 4) is 11.5 Å². The van der Waals surface area contributed by atoms with Gasteiger partial charge in [-0.25, -0.2) is 5.43 Å². The first-order valence-electron chi connectivity index (χ1n) is 10.5. The van der Waals surface area contributed by atoms with Crippen molar-refractivity contribution in [3.63, 3.8) is 0 Å². The van der Waals surface area contributed by atoms with E-state index in [4.69, 9.17) is 9.47 Å². The van der Waals surface area contributed by atoms with Crippen LogP contribution in [0.2, 0.25) is 0 Å². The highest BCUT2D eigenvalue weighted by molar-refractivity contribution is 5.92. The Morgan fingerprint density at radius 3 is 2.16 bits per heavy atom. The quantitative estimate of drug-likeness (QED) is 0.391. The van der Waals surface area contributed by atoms with Crippen molar-refractivity contribution in [1.29, 1.82) is 0 Å². The van der Waals surface area contributed by atoms with Gasteiger partial charge in [0.25, 0.3) is 5.91 Å². The fraction of sp³-hybridized carbons (Fsp3) is 0.231. The number of nitrogens with one attached hydrogen (secondary N) is 1. The van der Waals surface area contributed by atoms with Crippen LogP contribution in [-0.2, 0) is 10.4 Å². The molecular weight excluding hydrogens is 404 g/mol. The summed E-state index contributed by atoms with van der Waals surface area (Å²) in [6, 6.07) is 23.0. The molecule has 0 unspecified atom stereocenters. The van der Waals surface area contributed by atoms with Crippen molar-refractivity contribution in [2.45, 2.75) is 32.0 Å². The van der Waals surface area contributed by atoms with Crippen LogP contribution in [0.3, 0.4) is 0 Å². The highest BCUT2D eigenvalue weighted by atomic mass is 16.5. The Morgan fingerprint density at radius 1 is 1.03 bits per heavy atom. The predicted octanol–water partition coefficient (Wildman–Crippen LogP) is 4.26. The van der Waals surface area contributed by atoms with Crippen LogP contribution in [0.15, 0.2) is 84.0 Å². The van der Waals surface area contributed by atoms with E-state index in [1.165, 1.54) is 6.21 Å². The summed E-state index contributed by atoms with van der Waals surface area (Å²) in [6.45, 7) is 4.00. The molecule has 0 heterocycles. The van der Waals surface area contributed by atoms with Crippen LogP contribution in [0, 0.1) is 0 Å². The average Bonchev–Trinajstić information content (AvgIpc) is 2.85. The SMILES string of the molecule is CC[C@H](C)Oc1c(/C=N\NC(=O)C(O)(c2ccccc2)c2ccccc2)cccc1OC. The molecule has 0 saturated heterocycles. The molecule has 1 amide bonds. The second kappa shape index (κ2) is 10.6. The van der Waals surface area contributed by atoms with E-state index < -0.39 is 11.5 Å². The lowest BCUT2D eigenvalue weighted by molar-refractivity contribution is -0.136. The molecule has 0 aliphatic heterocycles. The third-order valence-electron chi connectivity index (χ3n) is 5.20. The summed E-state index contributed by atoms with van der Waals surface area (Å²) in [7, 11) is 1.57. The summed E-state index contributed by atoms with van der Waals surface area (Å²) in [6.07, 6.45) is 2.29. The number of hydrogen-bond acceptors (Lipinski definition) is 5. The number of ether oxygens (including phenoxy) is 2. The second-order valence-electron chi connectivity index (χ2n) is 7.36. The summed E-state index contributed by atoms with van der Waals surface area (Å²) < 4.78 is 11.4. The normalized spacial score (nSPS) is 12.4.